The van der Waals surface area contributed by atoms with E-state index in [1.807, 2.05) is 0 Å². The van der Waals surface area contributed by atoms with Crippen molar-refractivity contribution in [3.63, 3.8) is 0 Å². The normalized spacial score (nSPS) is 14.9. The molecule has 1 aromatic carbocycles. The number of aryl methyl sites for hydroxylation is 3. The molecule has 2 nitrogen and oxygen atoms in total. The molecular weight excluding hydrogens is 196 g/mol. The summed E-state index contributed by atoms with van der Waals surface area (Å²) in [6, 6.07) is 4.47. The molecule has 0 spiro atoms. The summed E-state index contributed by atoms with van der Waals surface area (Å²) >= 11 is 0. The summed E-state index contributed by atoms with van der Waals surface area (Å²) in [5.41, 5.74) is 17.3. The molecule has 0 amide bonds. The summed E-state index contributed by atoms with van der Waals surface area (Å²) in [6.45, 7) is 9.20. The van der Waals surface area contributed by atoms with Crippen LogP contribution in [-0.2, 0) is 0 Å². The molecule has 0 saturated heterocycles. The van der Waals surface area contributed by atoms with Crippen LogP contribution in [-0.4, -0.2) is 6.54 Å². The number of hydrogen-bond acceptors (Lipinski definition) is 2. The third-order valence-electron chi connectivity index (χ3n) is 3.41. The van der Waals surface area contributed by atoms with Crippen molar-refractivity contribution in [2.45, 2.75) is 40.2 Å². The fraction of sp³-hybridized carbons (Fsp3) is 0.571. The van der Waals surface area contributed by atoms with Crippen molar-refractivity contribution in [1.82, 2.24) is 0 Å². The van der Waals surface area contributed by atoms with Crippen LogP contribution in [0.25, 0.3) is 0 Å². The number of benzene rings is 1. The van der Waals surface area contributed by atoms with Gasteiger partial charge in [0.2, 0.25) is 0 Å². The molecule has 2 unspecified atom stereocenters. The highest BCUT2D eigenvalue weighted by Gasteiger charge is 2.19. The highest BCUT2D eigenvalue weighted by Crippen LogP contribution is 2.28. The smallest absolute Gasteiger partial charge is 0.0340 e. The largest absolute Gasteiger partial charge is 0.330 e. The van der Waals surface area contributed by atoms with E-state index in [-0.39, 0.29) is 6.04 Å². The monoisotopic (exact) mass is 220 g/mol. The highest BCUT2D eigenvalue weighted by atomic mass is 14.7. The molecule has 0 fully saturated rings. The van der Waals surface area contributed by atoms with E-state index in [0.29, 0.717) is 12.5 Å². The van der Waals surface area contributed by atoms with E-state index < -0.39 is 0 Å². The molecule has 2 heteroatoms. The molecule has 0 heterocycles. The van der Waals surface area contributed by atoms with Crippen molar-refractivity contribution < 1.29 is 0 Å². The Bertz CT molecular complexity index is 331. The second-order valence-corrected chi connectivity index (χ2v) is 4.74. The van der Waals surface area contributed by atoms with Crippen LogP contribution in [0.2, 0.25) is 0 Å². The van der Waals surface area contributed by atoms with Crippen molar-refractivity contribution >= 4 is 0 Å². The molecule has 1 aromatic rings. The van der Waals surface area contributed by atoms with Gasteiger partial charge in [-0.1, -0.05) is 31.0 Å². The van der Waals surface area contributed by atoms with Crippen LogP contribution in [0.5, 0.6) is 0 Å². The Hall–Kier alpha value is -0.860. The summed E-state index contributed by atoms with van der Waals surface area (Å²) in [4.78, 5) is 0. The predicted octanol–water partition coefficient (Wildman–Crippen LogP) is 2.60. The van der Waals surface area contributed by atoms with Crippen LogP contribution in [0.15, 0.2) is 12.1 Å². The summed E-state index contributed by atoms with van der Waals surface area (Å²) in [5, 5.41) is 0. The summed E-state index contributed by atoms with van der Waals surface area (Å²) in [5.74, 6) is 0.375. The fourth-order valence-electron chi connectivity index (χ4n) is 2.52. The SMILES string of the molecule is CCC(CN)C(N)c1c(C)cc(C)cc1C. The number of hydrogen-bond donors (Lipinski definition) is 2. The van der Waals surface area contributed by atoms with Crippen LogP contribution in [0.3, 0.4) is 0 Å². The van der Waals surface area contributed by atoms with Crippen LogP contribution >= 0.6 is 0 Å². The molecule has 0 bridgehead atoms. The summed E-state index contributed by atoms with van der Waals surface area (Å²) in [6.07, 6.45) is 1.03. The standard InChI is InChI=1S/C14H24N2/c1-5-12(8-15)14(16)13-10(3)6-9(2)7-11(13)4/h6-7,12,14H,5,8,15-16H2,1-4H3. The van der Waals surface area contributed by atoms with E-state index in [9.17, 15) is 0 Å². The average Bonchev–Trinajstić information content (AvgIpc) is 2.17. The van der Waals surface area contributed by atoms with Gasteiger partial charge in [-0.15, -0.1) is 0 Å². The van der Waals surface area contributed by atoms with Crippen molar-refractivity contribution in [1.29, 1.82) is 0 Å². The third kappa shape index (κ3) is 2.63. The van der Waals surface area contributed by atoms with Crippen molar-refractivity contribution in [3.8, 4) is 0 Å². The van der Waals surface area contributed by atoms with Gasteiger partial charge in [0.15, 0.2) is 0 Å². The van der Waals surface area contributed by atoms with Gasteiger partial charge < -0.3 is 11.5 Å². The maximum atomic E-state index is 6.33. The van der Waals surface area contributed by atoms with Gasteiger partial charge in [-0.05, 0) is 49.9 Å². The van der Waals surface area contributed by atoms with Gasteiger partial charge in [-0.25, -0.2) is 0 Å². The lowest BCUT2D eigenvalue weighted by atomic mass is 9.86. The van der Waals surface area contributed by atoms with E-state index in [0.717, 1.165) is 6.42 Å². The molecule has 0 saturated carbocycles. The summed E-state index contributed by atoms with van der Waals surface area (Å²) < 4.78 is 0. The second-order valence-electron chi connectivity index (χ2n) is 4.74. The first-order chi connectivity index (χ1) is 7.51. The Morgan fingerprint density at radius 1 is 1.12 bits per heavy atom. The van der Waals surface area contributed by atoms with Gasteiger partial charge in [-0.2, -0.15) is 0 Å². The molecular formula is C14H24N2. The van der Waals surface area contributed by atoms with Crippen molar-refractivity contribution in [2.24, 2.45) is 17.4 Å². The molecule has 16 heavy (non-hydrogen) atoms. The Morgan fingerprint density at radius 3 is 2.00 bits per heavy atom. The minimum absolute atomic E-state index is 0.0654. The zero-order valence-electron chi connectivity index (χ0n) is 10.9. The molecule has 2 atom stereocenters. The number of nitrogens with two attached hydrogens (primary N) is 2. The second kappa shape index (κ2) is 5.46. The number of rotatable bonds is 4. The minimum Gasteiger partial charge on any atom is -0.330 e. The topological polar surface area (TPSA) is 52.0 Å². The van der Waals surface area contributed by atoms with E-state index in [1.165, 1.54) is 22.3 Å². The predicted molar refractivity (Wildman–Crippen MR) is 70.4 cm³/mol. The summed E-state index contributed by atoms with van der Waals surface area (Å²) in [7, 11) is 0. The zero-order chi connectivity index (χ0) is 12.3. The van der Waals surface area contributed by atoms with Gasteiger partial charge >= 0.3 is 0 Å². The van der Waals surface area contributed by atoms with Gasteiger partial charge in [0.05, 0.1) is 0 Å². The molecule has 0 aliphatic rings. The average molecular weight is 220 g/mol. The highest BCUT2D eigenvalue weighted by molar-refractivity contribution is 5.39. The Labute approximate surface area is 99.0 Å². The first-order valence-electron chi connectivity index (χ1n) is 6.04. The van der Waals surface area contributed by atoms with Crippen LogP contribution < -0.4 is 11.5 Å². The molecule has 0 aliphatic heterocycles. The Balaban J connectivity index is 3.12. The quantitative estimate of drug-likeness (QED) is 0.819. The van der Waals surface area contributed by atoms with Gasteiger partial charge in [0.1, 0.15) is 0 Å². The molecule has 0 aliphatic carbocycles. The van der Waals surface area contributed by atoms with E-state index in [1.54, 1.807) is 0 Å². The first-order valence-corrected chi connectivity index (χ1v) is 6.04. The molecule has 4 N–H and O–H groups in total. The third-order valence-corrected chi connectivity index (χ3v) is 3.41. The molecule has 90 valence electrons. The fourth-order valence-corrected chi connectivity index (χ4v) is 2.52. The Morgan fingerprint density at radius 2 is 1.62 bits per heavy atom. The maximum absolute atomic E-state index is 6.33. The lowest BCUT2D eigenvalue weighted by Gasteiger charge is -2.25. The van der Waals surface area contributed by atoms with Crippen molar-refractivity contribution in [3.05, 3.63) is 34.4 Å². The lowest BCUT2D eigenvalue weighted by molar-refractivity contribution is 0.425. The zero-order valence-corrected chi connectivity index (χ0v) is 10.9. The van der Waals surface area contributed by atoms with E-state index in [2.05, 4.69) is 39.8 Å². The molecule has 0 radical (unpaired) electrons. The molecule has 0 aromatic heterocycles. The van der Waals surface area contributed by atoms with Crippen LogP contribution in [0.4, 0.5) is 0 Å². The van der Waals surface area contributed by atoms with Gasteiger partial charge in [-0.3, -0.25) is 0 Å². The van der Waals surface area contributed by atoms with Gasteiger partial charge in [0, 0.05) is 6.04 Å². The van der Waals surface area contributed by atoms with Gasteiger partial charge in [0.25, 0.3) is 0 Å². The van der Waals surface area contributed by atoms with Crippen LogP contribution in [0, 0.1) is 26.7 Å². The van der Waals surface area contributed by atoms with Crippen LogP contribution in [0.1, 0.15) is 41.6 Å². The molecule has 1 rings (SSSR count). The maximum Gasteiger partial charge on any atom is 0.0340 e. The minimum atomic E-state index is 0.0654. The van der Waals surface area contributed by atoms with E-state index >= 15 is 0 Å². The van der Waals surface area contributed by atoms with Crippen molar-refractivity contribution in [2.75, 3.05) is 6.54 Å². The Kier molecular flexibility index (Phi) is 4.51. The lowest BCUT2D eigenvalue weighted by Crippen LogP contribution is -2.28. The van der Waals surface area contributed by atoms with E-state index in [4.69, 9.17) is 11.5 Å². The first kappa shape index (κ1) is 13.2.